The van der Waals surface area contributed by atoms with Gasteiger partial charge < -0.3 is 20.5 Å². The molecule has 0 bridgehead atoms. The first-order valence-corrected chi connectivity index (χ1v) is 7.88. The van der Waals surface area contributed by atoms with E-state index in [-0.39, 0.29) is 30.5 Å². The van der Waals surface area contributed by atoms with Crippen LogP contribution in [0.15, 0.2) is 18.2 Å². The Labute approximate surface area is 138 Å². The molecule has 0 aromatic heterocycles. The van der Waals surface area contributed by atoms with Crippen LogP contribution in [0, 0.1) is 5.92 Å². The number of aliphatic hydroxyl groups is 1. The molecular formula is C16H21F3N2O3. The molecule has 0 aliphatic heterocycles. The average molecular weight is 346 g/mol. The van der Waals surface area contributed by atoms with Crippen molar-refractivity contribution >= 4 is 11.7 Å². The van der Waals surface area contributed by atoms with Crippen LogP contribution in [0.2, 0.25) is 0 Å². The summed E-state index contributed by atoms with van der Waals surface area (Å²) in [5.74, 6) is 0.0306. The number of nitrogens with one attached hydrogen (secondary N) is 2. The number of carbonyl (C=O) groups is 1. The first-order valence-electron chi connectivity index (χ1n) is 7.88. The van der Waals surface area contributed by atoms with Crippen molar-refractivity contribution < 1.29 is 27.8 Å². The number of ether oxygens (including phenoxy) is 1. The van der Waals surface area contributed by atoms with E-state index in [1.807, 2.05) is 0 Å². The van der Waals surface area contributed by atoms with Gasteiger partial charge >= 0.3 is 12.2 Å². The van der Waals surface area contributed by atoms with Gasteiger partial charge in [0, 0.05) is 12.5 Å². The molecular weight excluding hydrogens is 325 g/mol. The first-order chi connectivity index (χ1) is 11.3. The predicted molar refractivity (Wildman–Crippen MR) is 83.0 cm³/mol. The summed E-state index contributed by atoms with van der Waals surface area (Å²) in [4.78, 5) is 11.9. The lowest BCUT2D eigenvalue weighted by Gasteiger charge is -2.18. The molecule has 24 heavy (non-hydrogen) atoms. The predicted octanol–water partition coefficient (Wildman–Crippen LogP) is 3.39. The van der Waals surface area contributed by atoms with Crippen LogP contribution in [0.4, 0.5) is 23.7 Å². The van der Waals surface area contributed by atoms with E-state index >= 15 is 0 Å². The number of anilines is 1. The molecule has 1 fully saturated rings. The van der Waals surface area contributed by atoms with Gasteiger partial charge in [-0.1, -0.05) is 6.42 Å². The summed E-state index contributed by atoms with van der Waals surface area (Å²) in [5, 5.41) is 14.4. The molecule has 1 aromatic rings. The molecule has 8 heteroatoms. The zero-order valence-electron chi connectivity index (χ0n) is 13.3. The van der Waals surface area contributed by atoms with E-state index in [1.165, 1.54) is 6.07 Å². The summed E-state index contributed by atoms with van der Waals surface area (Å²) in [5.41, 5.74) is -1.31. The smallest absolute Gasteiger partial charge is 0.418 e. The third kappa shape index (κ3) is 4.77. The van der Waals surface area contributed by atoms with Crippen LogP contribution in [-0.2, 0) is 6.18 Å². The van der Waals surface area contributed by atoms with Crippen molar-refractivity contribution in [2.24, 2.45) is 5.92 Å². The normalized spacial score (nSPS) is 20.7. The Morgan fingerprint density at radius 1 is 1.38 bits per heavy atom. The van der Waals surface area contributed by atoms with E-state index in [0.29, 0.717) is 6.42 Å². The number of hydrogen-bond donors (Lipinski definition) is 3. The Hall–Kier alpha value is -1.96. The minimum absolute atomic E-state index is 0.0573. The minimum Gasteiger partial charge on any atom is -0.494 e. The summed E-state index contributed by atoms with van der Waals surface area (Å²) < 4.78 is 44.5. The largest absolute Gasteiger partial charge is 0.494 e. The second-order valence-electron chi connectivity index (χ2n) is 5.73. The molecule has 3 N–H and O–H groups in total. The standard InChI is InChI=1S/C16H21F3N2O3/c1-2-24-11-6-7-13(12(8-11)16(17,18)19)21-15(23)20-9-10-4-3-5-14(10)22/h6-8,10,14,22H,2-5,9H2,1H3,(H2,20,21,23)/t10-,14+/m0/s1. The maximum Gasteiger partial charge on any atom is 0.418 e. The monoisotopic (exact) mass is 346 g/mol. The zero-order valence-corrected chi connectivity index (χ0v) is 13.3. The van der Waals surface area contributed by atoms with Crippen molar-refractivity contribution in [3.05, 3.63) is 23.8 Å². The zero-order chi connectivity index (χ0) is 17.7. The lowest BCUT2D eigenvalue weighted by molar-refractivity contribution is -0.137. The summed E-state index contributed by atoms with van der Waals surface area (Å²) >= 11 is 0. The third-order valence-corrected chi connectivity index (χ3v) is 4.00. The van der Waals surface area contributed by atoms with Gasteiger partial charge in [-0.2, -0.15) is 13.2 Å². The third-order valence-electron chi connectivity index (χ3n) is 4.00. The van der Waals surface area contributed by atoms with Crippen LogP contribution >= 0.6 is 0 Å². The molecule has 0 unspecified atom stereocenters. The van der Waals surface area contributed by atoms with Crippen LogP contribution in [0.3, 0.4) is 0 Å². The molecule has 0 heterocycles. The van der Waals surface area contributed by atoms with Gasteiger partial charge in [-0.15, -0.1) is 0 Å². The summed E-state index contributed by atoms with van der Waals surface area (Å²) in [7, 11) is 0. The number of amides is 2. The number of benzene rings is 1. The van der Waals surface area contributed by atoms with Gasteiger partial charge in [-0.25, -0.2) is 4.79 Å². The fourth-order valence-electron chi connectivity index (χ4n) is 2.77. The van der Waals surface area contributed by atoms with Gasteiger partial charge in [-0.05, 0) is 38.0 Å². The van der Waals surface area contributed by atoms with Crippen molar-refractivity contribution in [3.63, 3.8) is 0 Å². The molecule has 1 saturated carbocycles. The van der Waals surface area contributed by atoms with E-state index in [9.17, 15) is 23.1 Å². The molecule has 134 valence electrons. The van der Waals surface area contributed by atoms with E-state index in [2.05, 4.69) is 10.6 Å². The topological polar surface area (TPSA) is 70.6 Å². The number of carbonyl (C=O) groups excluding carboxylic acids is 1. The number of rotatable bonds is 5. The first kappa shape index (κ1) is 18.4. The highest BCUT2D eigenvalue weighted by Crippen LogP contribution is 2.37. The fraction of sp³-hybridized carbons (Fsp3) is 0.562. The van der Waals surface area contributed by atoms with Gasteiger partial charge in [0.25, 0.3) is 0 Å². The van der Waals surface area contributed by atoms with E-state index in [1.54, 1.807) is 6.92 Å². The minimum atomic E-state index is -4.61. The molecule has 0 radical (unpaired) electrons. The Bertz CT molecular complexity index is 578. The van der Waals surface area contributed by atoms with Crippen LogP contribution < -0.4 is 15.4 Å². The van der Waals surface area contributed by atoms with Crippen LogP contribution in [0.1, 0.15) is 31.7 Å². The van der Waals surface area contributed by atoms with Crippen molar-refractivity contribution in [3.8, 4) is 5.75 Å². The second-order valence-corrected chi connectivity index (χ2v) is 5.73. The Morgan fingerprint density at radius 3 is 2.71 bits per heavy atom. The maximum atomic E-state index is 13.1. The fourth-order valence-corrected chi connectivity index (χ4v) is 2.77. The lowest BCUT2D eigenvalue weighted by atomic mass is 10.1. The SMILES string of the molecule is CCOc1ccc(NC(=O)NC[C@@H]2CCC[C@H]2O)c(C(F)(F)F)c1. The molecule has 2 atom stereocenters. The molecule has 1 aliphatic rings. The summed E-state index contributed by atoms with van der Waals surface area (Å²) in [6, 6.07) is 2.66. The van der Waals surface area contributed by atoms with Gasteiger partial charge in [-0.3, -0.25) is 0 Å². The highest BCUT2D eigenvalue weighted by Gasteiger charge is 2.34. The highest BCUT2D eigenvalue weighted by atomic mass is 19.4. The van der Waals surface area contributed by atoms with Crippen LogP contribution in [0.25, 0.3) is 0 Å². The number of hydrogen-bond acceptors (Lipinski definition) is 3. The summed E-state index contributed by atoms with van der Waals surface area (Å²) in [6.45, 7) is 2.14. The molecule has 0 saturated heterocycles. The highest BCUT2D eigenvalue weighted by molar-refractivity contribution is 5.90. The molecule has 5 nitrogen and oxygen atoms in total. The Kier molecular flexibility index (Phi) is 5.93. The summed E-state index contributed by atoms with van der Waals surface area (Å²) in [6.07, 6.45) is -2.73. The lowest BCUT2D eigenvalue weighted by Crippen LogP contribution is -2.35. The van der Waals surface area contributed by atoms with Crippen molar-refractivity contribution in [1.29, 1.82) is 0 Å². The van der Waals surface area contributed by atoms with Crippen molar-refractivity contribution in [2.75, 3.05) is 18.5 Å². The molecule has 0 spiro atoms. The molecule has 1 aromatic carbocycles. The molecule has 2 rings (SSSR count). The van der Waals surface area contributed by atoms with Crippen molar-refractivity contribution in [2.45, 2.75) is 38.5 Å². The molecule has 1 aliphatic carbocycles. The van der Waals surface area contributed by atoms with E-state index < -0.39 is 23.9 Å². The number of halogens is 3. The van der Waals surface area contributed by atoms with Gasteiger partial charge in [0.1, 0.15) is 5.75 Å². The van der Waals surface area contributed by atoms with E-state index in [0.717, 1.165) is 25.0 Å². The molecule has 2 amide bonds. The van der Waals surface area contributed by atoms with Crippen molar-refractivity contribution in [1.82, 2.24) is 5.32 Å². The Balaban J connectivity index is 2.03. The van der Waals surface area contributed by atoms with E-state index in [4.69, 9.17) is 4.74 Å². The number of alkyl halides is 3. The van der Waals surface area contributed by atoms with Crippen LogP contribution in [0.5, 0.6) is 5.75 Å². The van der Waals surface area contributed by atoms with Crippen LogP contribution in [-0.4, -0.2) is 30.4 Å². The van der Waals surface area contributed by atoms with Gasteiger partial charge in [0.05, 0.1) is 24.0 Å². The average Bonchev–Trinajstić information content (AvgIpc) is 2.91. The maximum absolute atomic E-state index is 13.1. The van der Waals surface area contributed by atoms with Gasteiger partial charge in [0.15, 0.2) is 0 Å². The quantitative estimate of drug-likeness (QED) is 0.765. The Morgan fingerprint density at radius 2 is 2.12 bits per heavy atom. The number of urea groups is 1. The van der Waals surface area contributed by atoms with Gasteiger partial charge in [0.2, 0.25) is 0 Å². The second kappa shape index (κ2) is 7.74. The number of aliphatic hydroxyl groups excluding tert-OH is 1.